The second kappa shape index (κ2) is 7.42. The molecule has 0 bridgehead atoms. The molecule has 0 saturated heterocycles. The number of benzene rings is 2. The van der Waals surface area contributed by atoms with Crippen LogP contribution < -0.4 is 10.1 Å². The highest BCUT2D eigenvalue weighted by Crippen LogP contribution is 2.26. The number of rotatable bonds is 5. The van der Waals surface area contributed by atoms with E-state index < -0.39 is 0 Å². The van der Waals surface area contributed by atoms with Gasteiger partial charge in [-0.3, -0.25) is 4.79 Å². The molecule has 2 aromatic carbocycles. The van der Waals surface area contributed by atoms with Crippen LogP contribution in [0.5, 0.6) is 5.75 Å². The maximum atomic E-state index is 12.5. The molecule has 4 rings (SSSR count). The van der Waals surface area contributed by atoms with Gasteiger partial charge in [-0.25, -0.2) is 4.98 Å². The van der Waals surface area contributed by atoms with Gasteiger partial charge in [0.25, 0.3) is 5.91 Å². The van der Waals surface area contributed by atoms with E-state index >= 15 is 0 Å². The van der Waals surface area contributed by atoms with Crippen molar-refractivity contribution >= 4 is 39.1 Å². The number of thiazole rings is 1. The zero-order chi connectivity index (χ0) is 18.8. The minimum absolute atomic E-state index is 0.150. The minimum Gasteiger partial charge on any atom is -0.497 e. The average Bonchev–Trinajstić information content (AvgIpc) is 3.30. The lowest BCUT2D eigenvalue weighted by molar-refractivity contribution is 0.0950. The Morgan fingerprint density at radius 2 is 2.04 bits per heavy atom. The Balaban J connectivity index is 1.49. The van der Waals surface area contributed by atoms with Crippen LogP contribution in [0.15, 0.2) is 60.8 Å². The van der Waals surface area contributed by atoms with Crippen molar-refractivity contribution in [3.05, 3.63) is 76.5 Å². The zero-order valence-corrected chi connectivity index (χ0v) is 16.1. The van der Waals surface area contributed by atoms with E-state index in [1.54, 1.807) is 19.2 Å². The summed E-state index contributed by atoms with van der Waals surface area (Å²) in [5.74, 6) is 0.654. The molecule has 1 amide bonds. The highest BCUT2D eigenvalue weighted by atomic mass is 35.5. The molecule has 0 saturated carbocycles. The van der Waals surface area contributed by atoms with Gasteiger partial charge in [0, 0.05) is 23.1 Å². The first-order valence-corrected chi connectivity index (χ1v) is 9.48. The summed E-state index contributed by atoms with van der Waals surface area (Å²) >= 11 is 7.33. The smallest absolute Gasteiger partial charge is 0.251 e. The second-order valence-electron chi connectivity index (χ2n) is 5.90. The zero-order valence-electron chi connectivity index (χ0n) is 14.5. The van der Waals surface area contributed by atoms with Crippen molar-refractivity contribution in [1.82, 2.24) is 14.9 Å². The van der Waals surface area contributed by atoms with E-state index in [2.05, 4.69) is 10.3 Å². The Bertz CT molecular complexity index is 1100. The molecule has 0 unspecified atom stereocenters. The standard InChI is InChI=1S/C20H16ClN3O2S/c1-26-16-7-5-14(6-8-16)24-10-2-3-15(24)12-22-19(25)13-4-9-18-17(11-13)23-20(21)27-18/h2-11H,12H2,1H3,(H,22,25). The first-order valence-electron chi connectivity index (χ1n) is 8.29. The van der Waals surface area contributed by atoms with Gasteiger partial charge < -0.3 is 14.6 Å². The summed E-state index contributed by atoms with van der Waals surface area (Å²) in [6.07, 6.45) is 1.96. The van der Waals surface area contributed by atoms with Crippen LogP contribution in [0.25, 0.3) is 15.9 Å². The molecular formula is C20H16ClN3O2S. The molecule has 0 aliphatic heterocycles. The molecule has 2 heterocycles. The number of ether oxygens (including phenoxy) is 1. The van der Waals surface area contributed by atoms with Gasteiger partial charge in [-0.05, 0) is 54.6 Å². The molecular weight excluding hydrogens is 382 g/mol. The van der Waals surface area contributed by atoms with Gasteiger partial charge in [-0.1, -0.05) is 11.6 Å². The van der Waals surface area contributed by atoms with Crippen LogP contribution in [-0.2, 0) is 6.54 Å². The molecule has 0 fully saturated rings. The third-order valence-corrected chi connectivity index (χ3v) is 5.38. The lowest BCUT2D eigenvalue weighted by atomic mass is 10.2. The first kappa shape index (κ1) is 17.6. The van der Waals surface area contributed by atoms with Crippen molar-refractivity contribution < 1.29 is 9.53 Å². The summed E-state index contributed by atoms with van der Waals surface area (Å²) in [6.45, 7) is 0.410. The molecule has 2 aromatic heterocycles. The second-order valence-corrected chi connectivity index (χ2v) is 7.51. The summed E-state index contributed by atoms with van der Waals surface area (Å²) < 4.78 is 8.66. The van der Waals surface area contributed by atoms with Crippen LogP contribution >= 0.6 is 22.9 Å². The molecule has 136 valence electrons. The van der Waals surface area contributed by atoms with Gasteiger partial charge in [-0.2, -0.15) is 0 Å². The molecule has 5 nitrogen and oxygen atoms in total. The monoisotopic (exact) mass is 397 g/mol. The van der Waals surface area contributed by atoms with Crippen molar-refractivity contribution in [2.45, 2.75) is 6.54 Å². The van der Waals surface area contributed by atoms with Gasteiger partial charge in [0.1, 0.15) is 5.75 Å². The summed E-state index contributed by atoms with van der Waals surface area (Å²) in [4.78, 5) is 16.8. The summed E-state index contributed by atoms with van der Waals surface area (Å²) in [6, 6.07) is 17.1. The van der Waals surface area contributed by atoms with E-state index in [4.69, 9.17) is 16.3 Å². The Hall–Kier alpha value is -2.83. The number of methoxy groups -OCH3 is 1. The predicted octanol–water partition coefficient (Wildman–Crippen LogP) is 4.68. The van der Waals surface area contributed by atoms with Gasteiger partial charge in [0.05, 0.1) is 23.9 Å². The van der Waals surface area contributed by atoms with Crippen molar-refractivity contribution in [1.29, 1.82) is 0 Å². The molecule has 0 aliphatic rings. The quantitative estimate of drug-likeness (QED) is 0.532. The van der Waals surface area contributed by atoms with Gasteiger partial charge in [0.2, 0.25) is 0 Å². The Morgan fingerprint density at radius 1 is 1.22 bits per heavy atom. The number of aromatic nitrogens is 2. The largest absolute Gasteiger partial charge is 0.497 e. The van der Waals surface area contributed by atoms with Crippen molar-refractivity contribution in [3.8, 4) is 11.4 Å². The Labute approximate surface area is 165 Å². The van der Waals surface area contributed by atoms with E-state index in [9.17, 15) is 4.79 Å². The van der Waals surface area contributed by atoms with E-state index in [1.165, 1.54) is 11.3 Å². The van der Waals surface area contributed by atoms with E-state index in [1.807, 2.05) is 53.2 Å². The van der Waals surface area contributed by atoms with E-state index in [0.717, 1.165) is 27.3 Å². The van der Waals surface area contributed by atoms with Crippen LogP contribution in [0, 0.1) is 0 Å². The molecule has 27 heavy (non-hydrogen) atoms. The fraction of sp³-hybridized carbons (Fsp3) is 0.100. The third kappa shape index (κ3) is 3.67. The topological polar surface area (TPSA) is 56.1 Å². The van der Waals surface area contributed by atoms with Crippen molar-refractivity contribution in [2.75, 3.05) is 7.11 Å². The Morgan fingerprint density at radius 3 is 2.81 bits per heavy atom. The lowest BCUT2D eigenvalue weighted by Crippen LogP contribution is -2.23. The minimum atomic E-state index is -0.150. The van der Waals surface area contributed by atoms with Crippen LogP contribution in [0.3, 0.4) is 0 Å². The predicted molar refractivity (Wildman–Crippen MR) is 108 cm³/mol. The van der Waals surface area contributed by atoms with Crippen LogP contribution in [0.1, 0.15) is 16.1 Å². The number of hydrogen-bond donors (Lipinski definition) is 1. The average molecular weight is 398 g/mol. The van der Waals surface area contributed by atoms with Crippen LogP contribution in [-0.4, -0.2) is 22.6 Å². The molecule has 7 heteroatoms. The number of fused-ring (bicyclic) bond motifs is 1. The maximum Gasteiger partial charge on any atom is 0.251 e. The highest BCUT2D eigenvalue weighted by Gasteiger charge is 2.10. The number of carbonyl (C=O) groups excluding carboxylic acids is 1. The summed E-state index contributed by atoms with van der Waals surface area (Å²) in [5, 5.41) is 2.96. The number of nitrogens with zero attached hydrogens (tertiary/aromatic N) is 2. The molecule has 0 radical (unpaired) electrons. The highest BCUT2D eigenvalue weighted by molar-refractivity contribution is 7.22. The Kier molecular flexibility index (Phi) is 4.83. The first-order chi connectivity index (χ1) is 13.1. The summed E-state index contributed by atoms with van der Waals surface area (Å²) in [5.41, 5.74) is 3.28. The van der Waals surface area contributed by atoms with Crippen molar-refractivity contribution in [2.24, 2.45) is 0 Å². The van der Waals surface area contributed by atoms with E-state index in [-0.39, 0.29) is 5.91 Å². The van der Waals surface area contributed by atoms with Crippen molar-refractivity contribution in [3.63, 3.8) is 0 Å². The molecule has 1 N–H and O–H groups in total. The van der Waals surface area contributed by atoms with Gasteiger partial charge in [-0.15, -0.1) is 11.3 Å². The number of hydrogen-bond acceptors (Lipinski definition) is 4. The fourth-order valence-electron chi connectivity index (χ4n) is 2.87. The van der Waals surface area contributed by atoms with Crippen LogP contribution in [0.2, 0.25) is 4.47 Å². The lowest BCUT2D eigenvalue weighted by Gasteiger charge is -2.11. The number of carbonyl (C=O) groups is 1. The SMILES string of the molecule is COc1ccc(-n2cccc2CNC(=O)c2ccc3sc(Cl)nc3c2)cc1. The molecule has 4 aromatic rings. The fourth-order valence-corrected chi connectivity index (χ4v) is 3.88. The number of halogens is 1. The number of nitrogens with one attached hydrogen (secondary N) is 1. The van der Waals surface area contributed by atoms with Gasteiger partial charge in [0.15, 0.2) is 4.47 Å². The summed E-state index contributed by atoms with van der Waals surface area (Å²) in [7, 11) is 1.64. The molecule has 0 aliphatic carbocycles. The molecule has 0 spiro atoms. The van der Waals surface area contributed by atoms with E-state index in [0.29, 0.717) is 16.6 Å². The van der Waals surface area contributed by atoms with Crippen LogP contribution in [0.4, 0.5) is 0 Å². The third-order valence-electron chi connectivity index (χ3n) is 4.24. The normalized spacial score (nSPS) is 10.9. The number of amides is 1. The van der Waals surface area contributed by atoms with Gasteiger partial charge >= 0.3 is 0 Å². The maximum absolute atomic E-state index is 12.5. The molecule has 0 atom stereocenters.